The van der Waals surface area contributed by atoms with Crippen LogP contribution in [-0.4, -0.2) is 139 Å². The van der Waals surface area contributed by atoms with Gasteiger partial charge in [-0.1, -0.05) is 72.6 Å². The monoisotopic (exact) mass is 1120 g/mol. The molecule has 0 bridgehead atoms. The molecular weight excluding hydrogens is 1050 g/mol. The molecule has 4 heterocycles. The number of anilines is 1. The molecule has 18 nitrogen and oxygen atoms in total. The normalized spacial score (nSPS) is 19.6. The molecule has 6 unspecified atom stereocenters. The Morgan fingerprint density at radius 1 is 0.564 bits per heavy atom. The molecular formula is C57H70N8O10S3. The summed E-state index contributed by atoms with van der Waals surface area (Å²) in [6, 6.07) is 21.4. The van der Waals surface area contributed by atoms with Crippen LogP contribution in [0.2, 0.25) is 0 Å². The number of urea groups is 2. The zero-order valence-electron chi connectivity index (χ0n) is 44.0. The molecule has 4 saturated heterocycles. The van der Waals surface area contributed by atoms with Crippen molar-refractivity contribution in [2.45, 2.75) is 113 Å². The summed E-state index contributed by atoms with van der Waals surface area (Å²) in [6.07, 6.45) is 6.54. The van der Waals surface area contributed by atoms with E-state index in [4.69, 9.17) is 14.2 Å². The average molecular weight is 1120 g/mol. The van der Waals surface area contributed by atoms with Crippen molar-refractivity contribution in [1.82, 2.24) is 37.2 Å². The summed E-state index contributed by atoms with van der Waals surface area (Å²) in [5.74, 6) is 14.5. The summed E-state index contributed by atoms with van der Waals surface area (Å²) in [5, 5.41) is 24.2. The molecule has 78 heavy (non-hydrogen) atoms. The van der Waals surface area contributed by atoms with Crippen LogP contribution in [0.5, 0.6) is 0 Å². The largest absolute Gasteiger partial charge is 0.375 e. The standard InChI is InChI=1S/C57H70N8O10S3/c1-38(66)76-29-22-52(69)60-25-28-75-35-53(70)61-45-31-43(20-14-39-10-16-41(17-11-39)33-73-26-23-58-50(67)8-4-2-6-48-54-46(36-77-48)62-56(71)64-54)30-44(32-45)21-15-40-12-18-42(19-13-40)34-74-27-24-59-51(68)9-5-3-7-49-55-47(37-78-49)63-57(72)65-55/h10-13,16-19,30-32,46-49,54-55H,2-9,22-29,33-37H2,1H3,(H,58,67)(H,59,68)(H,60,69)(H,61,70)(H2,62,64,71)(H2,63,65,72). The predicted molar refractivity (Wildman–Crippen MR) is 305 cm³/mol. The highest BCUT2D eigenvalue weighted by atomic mass is 32.2. The average Bonchev–Trinajstić information content (AvgIpc) is 4.23. The molecule has 3 aromatic carbocycles. The molecule has 0 radical (unpaired) electrons. The fourth-order valence-electron chi connectivity index (χ4n) is 9.13. The van der Waals surface area contributed by atoms with Crippen molar-refractivity contribution in [3.05, 3.63) is 100 Å². The summed E-state index contributed by atoms with van der Waals surface area (Å²) < 4.78 is 17.2. The number of carbonyl (C=O) groups excluding carboxylic acids is 7. The summed E-state index contributed by atoms with van der Waals surface area (Å²) in [5.41, 5.74) is 5.20. The second-order valence-corrected chi connectivity index (χ2v) is 23.1. The van der Waals surface area contributed by atoms with Crippen LogP contribution in [0.15, 0.2) is 66.7 Å². The second-order valence-electron chi connectivity index (χ2n) is 19.3. The van der Waals surface area contributed by atoms with E-state index < -0.39 is 5.91 Å². The number of benzene rings is 3. The number of hydrogen-bond donors (Lipinski definition) is 8. The number of unbranched alkanes of at least 4 members (excludes halogenated alkanes) is 2. The number of hydrogen-bond acceptors (Lipinski definition) is 13. The van der Waals surface area contributed by atoms with Gasteiger partial charge >= 0.3 is 12.1 Å². The molecule has 4 fully saturated rings. The Bertz CT molecular complexity index is 2520. The van der Waals surface area contributed by atoms with Gasteiger partial charge < -0.3 is 56.7 Å². The third-order valence-electron chi connectivity index (χ3n) is 13.1. The highest BCUT2D eigenvalue weighted by molar-refractivity contribution is 8.13. The predicted octanol–water partition coefficient (Wildman–Crippen LogP) is 4.94. The SMILES string of the molecule is CC(=O)SCCC(=O)NCCOCC(=O)Nc1cc(C#Cc2ccc(COCCNC(=O)CCCCC3SCC4NC(=O)NC43)cc2)cc(C#Cc2ccc(COCCNC(=O)CCCCC3SCC4NC(=O)NC43)cc2)c1. The van der Waals surface area contributed by atoms with Crippen LogP contribution < -0.4 is 42.5 Å². The van der Waals surface area contributed by atoms with Crippen molar-refractivity contribution in [1.29, 1.82) is 0 Å². The third kappa shape index (κ3) is 20.9. The van der Waals surface area contributed by atoms with Crippen LogP contribution in [0.3, 0.4) is 0 Å². The van der Waals surface area contributed by atoms with Crippen molar-refractivity contribution in [2.24, 2.45) is 0 Å². The minimum Gasteiger partial charge on any atom is -0.375 e. The van der Waals surface area contributed by atoms with Crippen molar-refractivity contribution < 1.29 is 47.8 Å². The smallest absolute Gasteiger partial charge is 0.315 e. The first-order valence-electron chi connectivity index (χ1n) is 26.6. The zero-order chi connectivity index (χ0) is 54.9. The van der Waals surface area contributed by atoms with Gasteiger partial charge in [-0.2, -0.15) is 23.5 Å². The minimum absolute atomic E-state index is 0.00483. The first-order chi connectivity index (χ1) is 37.9. The Hall–Kier alpha value is -6.20. The van der Waals surface area contributed by atoms with E-state index >= 15 is 0 Å². The molecule has 4 aliphatic rings. The van der Waals surface area contributed by atoms with Crippen LogP contribution in [0, 0.1) is 23.7 Å². The third-order valence-corrected chi connectivity index (χ3v) is 16.9. The van der Waals surface area contributed by atoms with Gasteiger partial charge in [0.25, 0.3) is 0 Å². The maximum Gasteiger partial charge on any atom is 0.315 e. The molecule has 416 valence electrons. The van der Waals surface area contributed by atoms with Gasteiger partial charge in [0, 0.05) is 102 Å². The highest BCUT2D eigenvalue weighted by Crippen LogP contribution is 2.34. The lowest BCUT2D eigenvalue weighted by molar-refractivity contribution is -0.122. The fourth-order valence-corrected chi connectivity index (χ4v) is 12.8. The summed E-state index contributed by atoms with van der Waals surface area (Å²) in [7, 11) is 0. The lowest BCUT2D eigenvalue weighted by atomic mass is 10.0. The van der Waals surface area contributed by atoms with E-state index in [1.54, 1.807) is 12.1 Å². The number of ether oxygens (including phenoxy) is 3. The van der Waals surface area contributed by atoms with Crippen LogP contribution in [0.4, 0.5) is 15.3 Å². The molecule has 0 aromatic heterocycles. The fraction of sp³-hybridized carbons (Fsp3) is 0.491. The van der Waals surface area contributed by atoms with Gasteiger partial charge in [-0.3, -0.25) is 24.0 Å². The first kappa shape index (κ1) is 59.5. The number of carbonyl (C=O) groups is 7. The highest BCUT2D eigenvalue weighted by Gasteiger charge is 2.43. The van der Waals surface area contributed by atoms with Crippen LogP contribution in [0.25, 0.3) is 0 Å². The first-order valence-corrected chi connectivity index (χ1v) is 29.7. The molecule has 3 aromatic rings. The Balaban J connectivity index is 0.832. The molecule has 8 amide bonds. The number of rotatable bonds is 29. The van der Waals surface area contributed by atoms with Gasteiger partial charge in [0.15, 0.2) is 5.12 Å². The molecule has 7 rings (SSSR count). The van der Waals surface area contributed by atoms with Gasteiger partial charge in [0.05, 0.1) is 57.2 Å². The van der Waals surface area contributed by atoms with Crippen LogP contribution in [-0.2, 0) is 51.4 Å². The summed E-state index contributed by atoms with van der Waals surface area (Å²) in [4.78, 5) is 84.1. The number of amides is 8. The van der Waals surface area contributed by atoms with Crippen LogP contribution in [0.1, 0.15) is 98.1 Å². The Morgan fingerprint density at radius 3 is 1.49 bits per heavy atom. The van der Waals surface area contributed by atoms with E-state index in [1.807, 2.05) is 78.1 Å². The van der Waals surface area contributed by atoms with Crippen molar-refractivity contribution in [3.8, 4) is 23.7 Å². The lowest BCUT2D eigenvalue weighted by Gasteiger charge is -2.16. The summed E-state index contributed by atoms with van der Waals surface area (Å²) >= 11 is 4.86. The maximum atomic E-state index is 13.0. The van der Waals surface area contributed by atoms with Crippen molar-refractivity contribution >= 4 is 81.8 Å². The maximum absolute atomic E-state index is 13.0. The molecule has 6 atom stereocenters. The molecule has 0 saturated carbocycles. The Morgan fingerprint density at radius 2 is 1.01 bits per heavy atom. The van der Waals surface area contributed by atoms with Gasteiger partial charge in [-0.25, -0.2) is 9.59 Å². The number of nitrogens with one attached hydrogen (secondary N) is 8. The van der Waals surface area contributed by atoms with E-state index in [0.29, 0.717) is 85.4 Å². The lowest BCUT2D eigenvalue weighted by Crippen LogP contribution is -2.36. The van der Waals surface area contributed by atoms with E-state index in [1.165, 1.54) is 6.92 Å². The molecule has 4 aliphatic heterocycles. The summed E-state index contributed by atoms with van der Waals surface area (Å²) in [6.45, 7) is 3.92. The van der Waals surface area contributed by atoms with E-state index in [0.717, 1.165) is 84.0 Å². The Labute approximate surface area is 469 Å². The van der Waals surface area contributed by atoms with Crippen molar-refractivity contribution in [2.75, 3.05) is 68.6 Å². The quantitative estimate of drug-likeness (QED) is 0.0261. The molecule has 8 N–H and O–H groups in total. The van der Waals surface area contributed by atoms with Gasteiger partial charge in [0.1, 0.15) is 6.61 Å². The molecule has 21 heteroatoms. The van der Waals surface area contributed by atoms with Gasteiger partial charge in [0.2, 0.25) is 23.6 Å². The van der Waals surface area contributed by atoms with Gasteiger partial charge in [-0.15, -0.1) is 0 Å². The number of fused-ring (bicyclic) bond motifs is 2. The second kappa shape index (κ2) is 32.0. The van der Waals surface area contributed by atoms with E-state index in [2.05, 4.69) is 66.2 Å². The van der Waals surface area contributed by atoms with Crippen LogP contribution >= 0.6 is 35.3 Å². The van der Waals surface area contributed by atoms with E-state index in [9.17, 15) is 33.6 Å². The topological polar surface area (TPSA) is 243 Å². The number of thioether (sulfide) groups is 3. The minimum atomic E-state index is -0.394. The zero-order valence-corrected chi connectivity index (χ0v) is 46.4. The molecule has 0 spiro atoms. The molecule has 0 aliphatic carbocycles. The van der Waals surface area contributed by atoms with Crippen molar-refractivity contribution in [3.63, 3.8) is 0 Å². The van der Waals surface area contributed by atoms with E-state index in [-0.39, 0.29) is 85.2 Å². The Kier molecular flexibility index (Phi) is 24.4. The van der Waals surface area contributed by atoms with Gasteiger partial charge in [-0.05, 0) is 79.3 Å².